The van der Waals surface area contributed by atoms with Gasteiger partial charge >= 0.3 is 0 Å². The maximum Gasteiger partial charge on any atom is 0.0969 e. The molecule has 0 atom stereocenters. The molecule has 0 saturated carbocycles. The van der Waals surface area contributed by atoms with Gasteiger partial charge in [0.25, 0.3) is 0 Å². The van der Waals surface area contributed by atoms with Gasteiger partial charge in [0.1, 0.15) is 0 Å². The fourth-order valence-electron chi connectivity index (χ4n) is 4.97. The molecule has 2 heterocycles. The van der Waals surface area contributed by atoms with Crippen LogP contribution in [0, 0.1) is 0 Å². The van der Waals surface area contributed by atoms with Crippen LogP contribution in [0.3, 0.4) is 0 Å². The number of nitrogens with zero attached hydrogens (tertiary/aromatic N) is 3. The Balaban J connectivity index is 2.60. The van der Waals surface area contributed by atoms with Crippen molar-refractivity contribution < 1.29 is 0 Å². The van der Waals surface area contributed by atoms with E-state index < -0.39 is 17.1 Å². The fraction of sp³-hybridized carbons (Fsp3) is 0.500. The highest BCUT2D eigenvalue weighted by atomic mass is 15.6. The Labute approximate surface area is 171 Å². The van der Waals surface area contributed by atoms with E-state index in [2.05, 4.69) is 72.5 Å². The van der Waals surface area contributed by atoms with Crippen LogP contribution < -0.4 is 16.5 Å². The van der Waals surface area contributed by atoms with Crippen LogP contribution in [0.1, 0.15) is 40.5 Å². The average Bonchev–Trinajstić information content (AvgIpc) is 2.59. The normalized spacial score (nSPS) is 27.2. The van der Waals surface area contributed by atoms with Gasteiger partial charge in [0.05, 0.1) is 17.1 Å². The summed E-state index contributed by atoms with van der Waals surface area (Å²) in [6.07, 6.45) is 8.62. The molecule has 4 heteroatoms. The number of rotatable bonds is 6. The third kappa shape index (κ3) is 3.39. The highest BCUT2D eigenvalue weighted by Gasteiger charge is 2.56. The summed E-state index contributed by atoms with van der Waals surface area (Å²) in [5, 5.41) is 5.58. The first-order valence-electron chi connectivity index (χ1n) is 9.76. The van der Waals surface area contributed by atoms with E-state index in [1.165, 1.54) is 0 Å². The third-order valence-electron chi connectivity index (χ3n) is 6.08. The van der Waals surface area contributed by atoms with Crippen LogP contribution >= 0.6 is 0 Å². The van der Waals surface area contributed by atoms with Crippen molar-refractivity contribution in [3.63, 3.8) is 0 Å². The van der Waals surface area contributed by atoms with Gasteiger partial charge in [-0.05, 0) is 51.7 Å². The maximum absolute atomic E-state index is 10.9. The summed E-state index contributed by atoms with van der Waals surface area (Å²) in [6, 6.07) is -0.903. The standard InChI is InChI=1S/C24H35N4/c1-11-23(12-2)17(5)20(25)18(6)24(13-3,14-4)28(23)26-19-15-21(7,8)27-22(9,10)16-19/h11-14,19-20,27H,1-6,15-16H2,7-10H3. The summed E-state index contributed by atoms with van der Waals surface area (Å²) in [5.41, 5.74) is 15.1. The van der Waals surface area contributed by atoms with Gasteiger partial charge < -0.3 is 5.32 Å². The predicted octanol–water partition coefficient (Wildman–Crippen LogP) is 3.90. The summed E-state index contributed by atoms with van der Waals surface area (Å²) in [6.45, 7) is 33.1. The molecule has 0 aromatic carbocycles. The molecule has 0 aliphatic carbocycles. The zero-order valence-corrected chi connectivity index (χ0v) is 18.0. The largest absolute Gasteiger partial charge is 0.307 e. The summed E-state index contributed by atoms with van der Waals surface area (Å²) in [5.74, 6) is 0. The highest BCUT2D eigenvalue weighted by Crippen LogP contribution is 2.46. The molecule has 2 fully saturated rings. The lowest BCUT2D eigenvalue weighted by atomic mass is 9.69. The zero-order chi connectivity index (χ0) is 21.5. The van der Waals surface area contributed by atoms with Crippen molar-refractivity contribution in [2.45, 2.75) is 74.8 Å². The molecule has 0 bridgehead atoms. The molecule has 1 N–H and O–H groups in total. The van der Waals surface area contributed by atoms with Gasteiger partial charge in [-0.15, -0.1) is 32.0 Å². The van der Waals surface area contributed by atoms with Gasteiger partial charge in [-0.3, -0.25) is 0 Å². The molecule has 2 aliphatic heterocycles. The van der Waals surface area contributed by atoms with E-state index >= 15 is 0 Å². The van der Waals surface area contributed by atoms with Crippen LogP contribution in [0.15, 0.2) is 74.9 Å². The molecule has 2 rings (SSSR count). The third-order valence-corrected chi connectivity index (χ3v) is 6.08. The van der Waals surface area contributed by atoms with E-state index in [0.717, 1.165) is 12.8 Å². The SMILES string of the molecule is C=CC1(C=C)C(=C)C([N])C(=C)C(C=C)(C=C)N1[N]C1CC(C)(C)NC(C)(C)C1. The molecular formula is C24H35N4. The van der Waals surface area contributed by atoms with Gasteiger partial charge in [0, 0.05) is 17.1 Å². The molecule has 2 saturated heterocycles. The number of nitrogens with one attached hydrogen (secondary N) is 1. The van der Waals surface area contributed by atoms with Crippen LogP contribution in [0.2, 0.25) is 0 Å². The molecule has 0 aromatic heterocycles. The second-order valence-electron chi connectivity index (χ2n) is 9.30. The van der Waals surface area contributed by atoms with Crippen LogP contribution in [-0.2, 0) is 0 Å². The van der Waals surface area contributed by atoms with E-state index in [0.29, 0.717) is 11.1 Å². The Morgan fingerprint density at radius 2 is 1.25 bits per heavy atom. The second kappa shape index (κ2) is 7.27. The minimum absolute atomic E-state index is 0.0423. The molecule has 0 amide bonds. The smallest absolute Gasteiger partial charge is 0.0969 e. The molecule has 0 spiro atoms. The Bertz CT molecular complexity index is 640. The van der Waals surface area contributed by atoms with Crippen molar-refractivity contribution in [1.29, 1.82) is 0 Å². The molecule has 0 unspecified atom stereocenters. The monoisotopic (exact) mass is 379 g/mol. The van der Waals surface area contributed by atoms with Crippen molar-refractivity contribution in [3.8, 4) is 0 Å². The van der Waals surface area contributed by atoms with Crippen molar-refractivity contribution in [2.24, 2.45) is 0 Å². The lowest BCUT2D eigenvalue weighted by Crippen LogP contribution is -2.71. The molecular weight excluding hydrogens is 344 g/mol. The van der Waals surface area contributed by atoms with Crippen molar-refractivity contribution in [2.75, 3.05) is 0 Å². The Kier molecular flexibility index (Phi) is 5.86. The van der Waals surface area contributed by atoms with Crippen molar-refractivity contribution >= 4 is 0 Å². The van der Waals surface area contributed by atoms with E-state index in [1.54, 1.807) is 24.3 Å². The number of piperidine rings is 2. The minimum atomic E-state index is -0.945. The quantitative estimate of drug-likeness (QED) is 0.712. The Morgan fingerprint density at radius 3 is 1.57 bits per heavy atom. The first kappa shape index (κ1) is 22.6. The summed E-state index contributed by atoms with van der Waals surface area (Å²) in [7, 11) is 0. The maximum atomic E-state index is 10.9. The molecule has 28 heavy (non-hydrogen) atoms. The molecule has 3 radical (unpaired) electrons. The van der Waals surface area contributed by atoms with E-state index in [1.807, 2.05) is 5.01 Å². The second-order valence-corrected chi connectivity index (χ2v) is 9.30. The lowest BCUT2D eigenvalue weighted by Gasteiger charge is -2.58. The summed E-state index contributed by atoms with van der Waals surface area (Å²) >= 11 is 0. The van der Waals surface area contributed by atoms with Crippen LogP contribution in [-0.4, -0.2) is 39.2 Å². The predicted molar refractivity (Wildman–Crippen MR) is 119 cm³/mol. The van der Waals surface area contributed by atoms with Gasteiger partial charge in [-0.1, -0.05) is 37.5 Å². The molecule has 151 valence electrons. The average molecular weight is 380 g/mol. The zero-order valence-electron chi connectivity index (χ0n) is 18.0. The number of hydrogen-bond donors (Lipinski definition) is 1. The summed E-state index contributed by atoms with van der Waals surface area (Å²) in [4.78, 5) is 0. The minimum Gasteiger partial charge on any atom is -0.307 e. The first-order chi connectivity index (χ1) is 12.8. The Hall–Kier alpha value is -1.72. The van der Waals surface area contributed by atoms with Crippen LogP contribution in [0.5, 0.6) is 0 Å². The van der Waals surface area contributed by atoms with E-state index in [9.17, 15) is 5.73 Å². The van der Waals surface area contributed by atoms with Gasteiger partial charge in [0.2, 0.25) is 0 Å². The van der Waals surface area contributed by atoms with Gasteiger partial charge in [0.15, 0.2) is 0 Å². The molecule has 2 aliphatic rings. The van der Waals surface area contributed by atoms with Gasteiger partial charge in [-0.25, -0.2) is 0 Å². The summed E-state index contributed by atoms with van der Waals surface area (Å²) < 4.78 is 0. The van der Waals surface area contributed by atoms with Crippen molar-refractivity contribution in [1.82, 2.24) is 21.5 Å². The number of hydrogen-bond acceptors (Lipinski definition) is 2. The van der Waals surface area contributed by atoms with E-state index in [4.69, 9.17) is 5.43 Å². The molecule has 0 aromatic rings. The Morgan fingerprint density at radius 1 is 0.893 bits per heavy atom. The van der Waals surface area contributed by atoms with Gasteiger partial charge in [-0.2, -0.15) is 10.4 Å². The van der Waals surface area contributed by atoms with Crippen molar-refractivity contribution in [3.05, 3.63) is 74.9 Å². The first-order valence-corrected chi connectivity index (χ1v) is 9.76. The fourth-order valence-corrected chi connectivity index (χ4v) is 4.97. The topological polar surface area (TPSA) is 51.7 Å². The van der Waals surface area contributed by atoms with E-state index in [-0.39, 0.29) is 17.1 Å². The molecule has 4 nitrogen and oxygen atoms in total. The highest BCUT2D eigenvalue weighted by molar-refractivity contribution is 5.53. The van der Waals surface area contributed by atoms with Crippen LogP contribution in [0.4, 0.5) is 0 Å². The van der Waals surface area contributed by atoms with Crippen LogP contribution in [0.25, 0.3) is 0 Å². The lowest BCUT2D eigenvalue weighted by molar-refractivity contribution is -0.00325.